The van der Waals surface area contributed by atoms with Crippen LogP contribution in [0.4, 0.5) is 0 Å². The molecule has 1 nitrogen and oxygen atoms in total. The number of rotatable bonds is 2. The molecule has 0 saturated carbocycles. The van der Waals surface area contributed by atoms with Gasteiger partial charge in [0.2, 0.25) is 0 Å². The van der Waals surface area contributed by atoms with Crippen molar-refractivity contribution in [3.63, 3.8) is 0 Å². The third-order valence-electron chi connectivity index (χ3n) is 1.38. The lowest BCUT2D eigenvalue weighted by Crippen LogP contribution is -2.25. The molecule has 0 aliphatic rings. The van der Waals surface area contributed by atoms with Crippen LogP contribution in [-0.2, 0) is 0 Å². The Labute approximate surface area is 80.2 Å². The fourth-order valence-corrected chi connectivity index (χ4v) is 0.365. The Kier molecular flexibility index (Phi) is 25.6. The summed E-state index contributed by atoms with van der Waals surface area (Å²) < 4.78 is 0. The first-order chi connectivity index (χ1) is 5.59. The van der Waals surface area contributed by atoms with Crippen molar-refractivity contribution in [3.05, 3.63) is 0 Å². The van der Waals surface area contributed by atoms with Gasteiger partial charge in [0, 0.05) is 6.04 Å². The van der Waals surface area contributed by atoms with Crippen LogP contribution in [-0.4, -0.2) is 24.5 Å². The van der Waals surface area contributed by atoms with E-state index in [0.717, 1.165) is 6.54 Å². The summed E-state index contributed by atoms with van der Waals surface area (Å²) in [5.74, 6) is 0. The zero-order chi connectivity index (χ0) is 10.6. The van der Waals surface area contributed by atoms with Crippen LogP contribution < -0.4 is 0 Å². The van der Waals surface area contributed by atoms with E-state index < -0.39 is 0 Å². The van der Waals surface area contributed by atoms with Gasteiger partial charge < -0.3 is 4.90 Å². The van der Waals surface area contributed by atoms with Crippen molar-refractivity contribution in [2.45, 2.75) is 60.9 Å². The zero-order valence-electron chi connectivity index (χ0n) is 10.4. The lowest BCUT2D eigenvalue weighted by molar-refractivity contribution is 0.289. The molecule has 0 aromatic rings. The summed E-state index contributed by atoms with van der Waals surface area (Å²) in [7, 11) is 2.13. The molecule has 78 valence electrons. The smallest absolute Gasteiger partial charge is 0.00354 e. The Morgan fingerprint density at radius 2 is 1.25 bits per heavy atom. The second-order valence-corrected chi connectivity index (χ2v) is 2.87. The van der Waals surface area contributed by atoms with Crippen LogP contribution in [0.5, 0.6) is 0 Å². The maximum absolute atomic E-state index is 2.29. The molecule has 0 aliphatic carbocycles. The lowest BCUT2D eigenvalue weighted by Gasteiger charge is -2.17. The minimum atomic E-state index is 0.699. The standard InChI is InChI=1S/C6H15N.C3H8.C2H6/c1-5-7(4)6(2)3;1-3-2;1-2/h6H,5H2,1-4H3;3H2,1-2H3;1-2H3. The Hall–Kier alpha value is -0.0400. The van der Waals surface area contributed by atoms with E-state index in [4.69, 9.17) is 0 Å². The fraction of sp³-hybridized carbons (Fsp3) is 1.00. The molecule has 0 heterocycles. The molecule has 0 bridgehead atoms. The molecule has 0 unspecified atom stereocenters. The summed E-state index contributed by atoms with van der Waals surface area (Å²) in [4.78, 5) is 2.29. The molecule has 0 fully saturated rings. The Balaban J connectivity index is -0.000000137. The van der Waals surface area contributed by atoms with Crippen LogP contribution in [0.3, 0.4) is 0 Å². The number of hydrogen-bond acceptors (Lipinski definition) is 1. The van der Waals surface area contributed by atoms with Crippen molar-refractivity contribution in [3.8, 4) is 0 Å². The quantitative estimate of drug-likeness (QED) is 0.617. The van der Waals surface area contributed by atoms with Gasteiger partial charge in [0.25, 0.3) is 0 Å². The molecular formula is C11H29N. The molecule has 0 radical (unpaired) electrons. The highest BCUT2D eigenvalue weighted by Crippen LogP contribution is 1.89. The molecule has 0 aliphatic heterocycles. The van der Waals surface area contributed by atoms with Crippen LogP contribution in [0.15, 0.2) is 0 Å². The SMILES string of the molecule is CC.CCC.CCN(C)C(C)C. The molecule has 0 rings (SSSR count). The normalized spacial score (nSPS) is 8.50. The zero-order valence-corrected chi connectivity index (χ0v) is 10.4. The molecule has 0 atom stereocenters. The predicted molar refractivity (Wildman–Crippen MR) is 60.8 cm³/mol. The van der Waals surface area contributed by atoms with Crippen LogP contribution in [0.1, 0.15) is 54.9 Å². The van der Waals surface area contributed by atoms with Gasteiger partial charge in [-0.05, 0) is 27.4 Å². The molecule has 0 saturated heterocycles. The third kappa shape index (κ3) is 22.5. The first-order valence-electron chi connectivity index (χ1n) is 5.30. The topological polar surface area (TPSA) is 3.24 Å². The fourth-order valence-electron chi connectivity index (χ4n) is 0.365. The van der Waals surface area contributed by atoms with Crippen molar-refractivity contribution < 1.29 is 0 Å². The van der Waals surface area contributed by atoms with E-state index in [2.05, 4.69) is 46.6 Å². The predicted octanol–water partition coefficient (Wildman–Crippen LogP) is 3.79. The Morgan fingerprint density at radius 3 is 1.25 bits per heavy atom. The summed E-state index contributed by atoms with van der Waals surface area (Å²) in [6, 6.07) is 0.699. The molecule has 0 aromatic heterocycles. The maximum Gasteiger partial charge on any atom is 0.00354 e. The largest absolute Gasteiger partial charge is 0.304 e. The molecule has 12 heavy (non-hydrogen) atoms. The minimum Gasteiger partial charge on any atom is -0.304 e. The van der Waals surface area contributed by atoms with Gasteiger partial charge in [0.05, 0.1) is 0 Å². The average molecular weight is 175 g/mol. The molecule has 0 spiro atoms. The van der Waals surface area contributed by atoms with Crippen molar-refractivity contribution >= 4 is 0 Å². The summed E-state index contributed by atoms with van der Waals surface area (Å²) in [6.45, 7) is 16.0. The van der Waals surface area contributed by atoms with E-state index in [-0.39, 0.29) is 0 Å². The highest BCUT2D eigenvalue weighted by atomic mass is 15.1. The lowest BCUT2D eigenvalue weighted by atomic mass is 10.3. The van der Waals surface area contributed by atoms with Crippen LogP contribution in [0.2, 0.25) is 0 Å². The summed E-state index contributed by atoms with van der Waals surface area (Å²) in [5, 5.41) is 0. The van der Waals surface area contributed by atoms with E-state index in [9.17, 15) is 0 Å². The first-order valence-corrected chi connectivity index (χ1v) is 5.30. The molecule has 0 aromatic carbocycles. The first kappa shape index (κ1) is 17.9. The Bertz CT molecular complexity index is 51.0. The van der Waals surface area contributed by atoms with E-state index in [0.29, 0.717) is 6.04 Å². The summed E-state index contributed by atoms with van der Waals surface area (Å²) in [5.41, 5.74) is 0. The second-order valence-electron chi connectivity index (χ2n) is 2.87. The molecule has 1 heteroatoms. The van der Waals surface area contributed by atoms with Gasteiger partial charge in [-0.2, -0.15) is 0 Å². The van der Waals surface area contributed by atoms with E-state index in [1.807, 2.05) is 13.8 Å². The summed E-state index contributed by atoms with van der Waals surface area (Å²) >= 11 is 0. The molecule has 0 N–H and O–H groups in total. The van der Waals surface area contributed by atoms with Gasteiger partial charge in [-0.15, -0.1) is 0 Å². The van der Waals surface area contributed by atoms with Crippen LogP contribution in [0, 0.1) is 0 Å². The highest BCUT2D eigenvalue weighted by molar-refractivity contribution is 4.51. The number of hydrogen-bond donors (Lipinski definition) is 0. The van der Waals surface area contributed by atoms with Crippen molar-refractivity contribution in [2.75, 3.05) is 13.6 Å². The number of nitrogens with zero attached hydrogens (tertiary/aromatic N) is 1. The highest BCUT2D eigenvalue weighted by Gasteiger charge is 1.95. The minimum absolute atomic E-state index is 0.699. The van der Waals surface area contributed by atoms with Gasteiger partial charge >= 0.3 is 0 Å². The maximum atomic E-state index is 2.29. The monoisotopic (exact) mass is 175 g/mol. The van der Waals surface area contributed by atoms with E-state index in [1.54, 1.807) is 0 Å². The van der Waals surface area contributed by atoms with E-state index >= 15 is 0 Å². The molecule has 0 amide bonds. The van der Waals surface area contributed by atoms with Gasteiger partial charge in [-0.25, -0.2) is 0 Å². The Morgan fingerprint density at radius 1 is 1.00 bits per heavy atom. The van der Waals surface area contributed by atoms with Crippen LogP contribution >= 0.6 is 0 Å². The van der Waals surface area contributed by atoms with E-state index in [1.165, 1.54) is 6.42 Å². The van der Waals surface area contributed by atoms with Gasteiger partial charge in [-0.1, -0.05) is 41.0 Å². The third-order valence-corrected chi connectivity index (χ3v) is 1.38. The van der Waals surface area contributed by atoms with Gasteiger partial charge in [-0.3, -0.25) is 0 Å². The van der Waals surface area contributed by atoms with Crippen molar-refractivity contribution in [1.29, 1.82) is 0 Å². The van der Waals surface area contributed by atoms with Gasteiger partial charge in [0.1, 0.15) is 0 Å². The van der Waals surface area contributed by atoms with Crippen LogP contribution in [0.25, 0.3) is 0 Å². The van der Waals surface area contributed by atoms with Gasteiger partial charge in [0.15, 0.2) is 0 Å². The molecular weight excluding hydrogens is 146 g/mol. The van der Waals surface area contributed by atoms with Crippen molar-refractivity contribution in [1.82, 2.24) is 4.90 Å². The summed E-state index contributed by atoms with van der Waals surface area (Å²) in [6.07, 6.45) is 1.25. The average Bonchev–Trinajstić information content (AvgIpc) is 2.08. The van der Waals surface area contributed by atoms with Crippen molar-refractivity contribution in [2.24, 2.45) is 0 Å². The second kappa shape index (κ2) is 17.2.